The van der Waals surface area contributed by atoms with Crippen molar-refractivity contribution in [1.82, 2.24) is 4.90 Å². The molecule has 1 saturated carbocycles. The molecule has 1 rings (SSSR count). The molecule has 0 atom stereocenters. The number of hydrogen-bond acceptors (Lipinski definition) is 2. The summed E-state index contributed by atoms with van der Waals surface area (Å²) in [5, 5.41) is 0. The van der Waals surface area contributed by atoms with Gasteiger partial charge in [0.05, 0.1) is 0 Å². The molecule has 80 valence electrons. The summed E-state index contributed by atoms with van der Waals surface area (Å²) < 4.78 is 0. The molecule has 0 spiro atoms. The normalized spacial score (nSPS) is 24.9. The van der Waals surface area contributed by atoms with Crippen LogP contribution in [0.5, 0.6) is 0 Å². The van der Waals surface area contributed by atoms with E-state index in [0.717, 1.165) is 24.8 Å². The quantitative estimate of drug-likeness (QED) is 0.473. The number of carbonyl (C=O) groups is 1. The van der Waals surface area contributed by atoms with E-state index in [2.05, 4.69) is 13.8 Å². The fourth-order valence-corrected chi connectivity index (χ4v) is 1.98. The third kappa shape index (κ3) is 2.60. The van der Waals surface area contributed by atoms with Crippen LogP contribution in [0.2, 0.25) is 0 Å². The van der Waals surface area contributed by atoms with Crippen LogP contribution in [-0.4, -0.2) is 24.8 Å². The van der Waals surface area contributed by atoms with Gasteiger partial charge in [0.25, 0.3) is 0 Å². The van der Waals surface area contributed by atoms with E-state index in [1.807, 2.05) is 25.2 Å². The molecule has 1 fully saturated rings. The van der Waals surface area contributed by atoms with Crippen molar-refractivity contribution in [2.75, 3.05) is 14.1 Å². The summed E-state index contributed by atoms with van der Waals surface area (Å²) in [6.45, 7) is 4.12. The van der Waals surface area contributed by atoms with Crippen molar-refractivity contribution in [2.45, 2.75) is 39.5 Å². The van der Waals surface area contributed by atoms with E-state index in [-0.39, 0.29) is 5.41 Å². The molecule has 0 N–H and O–H groups in total. The average molecular weight is 195 g/mol. The Hall–Kier alpha value is -0.790. The monoisotopic (exact) mass is 195 g/mol. The SMILES string of the molecule is CN(C)/C=C1/CCCCC(C)(C)C1=O. The molecule has 0 heterocycles. The molecule has 2 nitrogen and oxygen atoms in total. The van der Waals surface area contributed by atoms with Gasteiger partial charge in [0.2, 0.25) is 0 Å². The van der Waals surface area contributed by atoms with Gasteiger partial charge in [-0.2, -0.15) is 0 Å². The van der Waals surface area contributed by atoms with Crippen molar-refractivity contribution in [3.63, 3.8) is 0 Å². The minimum Gasteiger partial charge on any atom is -0.383 e. The summed E-state index contributed by atoms with van der Waals surface area (Å²) in [5.74, 6) is 0.337. The van der Waals surface area contributed by atoms with Crippen LogP contribution >= 0.6 is 0 Å². The number of rotatable bonds is 1. The first-order valence-corrected chi connectivity index (χ1v) is 5.35. The molecule has 0 aromatic carbocycles. The predicted molar refractivity (Wildman–Crippen MR) is 59.0 cm³/mol. The Balaban J connectivity index is 2.90. The molecule has 0 bridgehead atoms. The number of Topliss-reactive ketones (excluding diaryl/α,β-unsaturated/α-hetero) is 1. The first kappa shape index (κ1) is 11.3. The fraction of sp³-hybridized carbons (Fsp3) is 0.750. The van der Waals surface area contributed by atoms with Crippen LogP contribution < -0.4 is 0 Å². The van der Waals surface area contributed by atoms with Crippen molar-refractivity contribution >= 4 is 5.78 Å². The first-order chi connectivity index (χ1) is 6.43. The van der Waals surface area contributed by atoms with Crippen molar-refractivity contribution in [1.29, 1.82) is 0 Å². The molecular weight excluding hydrogens is 174 g/mol. The van der Waals surface area contributed by atoms with E-state index in [1.165, 1.54) is 6.42 Å². The first-order valence-electron chi connectivity index (χ1n) is 5.35. The van der Waals surface area contributed by atoms with Crippen LogP contribution in [0, 0.1) is 5.41 Å². The maximum absolute atomic E-state index is 12.1. The zero-order valence-corrected chi connectivity index (χ0v) is 9.76. The molecular formula is C12H21NO. The molecule has 0 radical (unpaired) electrons. The van der Waals surface area contributed by atoms with E-state index < -0.39 is 0 Å². The van der Waals surface area contributed by atoms with Crippen LogP contribution in [0.3, 0.4) is 0 Å². The third-order valence-electron chi connectivity index (χ3n) is 2.82. The van der Waals surface area contributed by atoms with Crippen LogP contribution in [0.25, 0.3) is 0 Å². The second-order valence-electron chi connectivity index (χ2n) is 5.04. The van der Waals surface area contributed by atoms with Crippen LogP contribution in [0.4, 0.5) is 0 Å². The third-order valence-corrected chi connectivity index (χ3v) is 2.82. The zero-order valence-electron chi connectivity index (χ0n) is 9.76. The lowest BCUT2D eigenvalue weighted by Crippen LogP contribution is -2.24. The van der Waals surface area contributed by atoms with E-state index in [4.69, 9.17) is 0 Å². The van der Waals surface area contributed by atoms with E-state index in [9.17, 15) is 4.79 Å². The van der Waals surface area contributed by atoms with Crippen molar-refractivity contribution in [2.24, 2.45) is 5.41 Å². The van der Waals surface area contributed by atoms with Gasteiger partial charge >= 0.3 is 0 Å². The predicted octanol–water partition coefficient (Wildman–Crippen LogP) is 2.60. The van der Waals surface area contributed by atoms with Crippen molar-refractivity contribution in [3.05, 3.63) is 11.8 Å². The highest BCUT2D eigenvalue weighted by Crippen LogP contribution is 2.33. The Morgan fingerprint density at radius 3 is 2.50 bits per heavy atom. The number of carbonyl (C=O) groups excluding carboxylic acids is 1. The number of allylic oxidation sites excluding steroid dienone is 1. The summed E-state index contributed by atoms with van der Waals surface area (Å²) in [7, 11) is 3.94. The maximum atomic E-state index is 12.1. The largest absolute Gasteiger partial charge is 0.383 e. The van der Waals surface area contributed by atoms with Gasteiger partial charge in [-0.05, 0) is 19.3 Å². The highest BCUT2D eigenvalue weighted by molar-refractivity contribution is 5.99. The molecule has 0 saturated heterocycles. The second kappa shape index (κ2) is 4.16. The van der Waals surface area contributed by atoms with Crippen molar-refractivity contribution < 1.29 is 4.79 Å². The molecule has 0 unspecified atom stereocenters. The minimum absolute atomic E-state index is 0.154. The van der Waals surface area contributed by atoms with Gasteiger partial charge in [0.1, 0.15) is 0 Å². The standard InChI is InChI=1S/C12H21NO/c1-12(2)8-6-5-7-10(11(12)14)9-13(3)4/h9H,5-8H2,1-4H3/b10-9-. The van der Waals surface area contributed by atoms with Gasteiger partial charge in [-0.15, -0.1) is 0 Å². The fourth-order valence-electron chi connectivity index (χ4n) is 1.98. The molecule has 0 aromatic rings. The topological polar surface area (TPSA) is 20.3 Å². The number of ketones is 1. The summed E-state index contributed by atoms with van der Waals surface area (Å²) >= 11 is 0. The molecule has 0 amide bonds. The van der Waals surface area contributed by atoms with Gasteiger partial charge in [-0.1, -0.05) is 20.3 Å². The van der Waals surface area contributed by atoms with Gasteiger partial charge < -0.3 is 4.90 Å². The lowest BCUT2D eigenvalue weighted by atomic mass is 9.82. The second-order valence-corrected chi connectivity index (χ2v) is 5.04. The Labute approximate surface area is 87.0 Å². The Bertz CT molecular complexity index is 251. The highest BCUT2D eigenvalue weighted by Gasteiger charge is 2.31. The average Bonchev–Trinajstić information content (AvgIpc) is 2.17. The maximum Gasteiger partial charge on any atom is 0.165 e. The summed E-state index contributed by atoms with van der Waals surface area (Å²) in [5.41, 5.74) is 0.843. The van der Waals surface area contributed by atoms with Gasteiger partial charge in [-0.3, -0.25) is 4.79 Å². The van der Waals surface area contributed by atoms with Crippen molar-refractivity contribution in [3.8, 4) is 0 Å². The summed E-state index contributed by atoms with van der Waals surface area (Å²) in [6.07, 6.45) is 6.27. The Morgan fingerprint density at radius 2 is 1.93 bits per heavy atom. The molecule has 1 aliphatic rings. The Kier molecular flexibility index (Phi) is 3.35. The van der Waals surface area contributed by atoms with E-state index >= 15 is 0 Å². The van der Waals surface area contributed by atoms with Gasteiger partial charge in [0, 0.05) is 31.3 Å². The lowest BCUT2D eigenvalue weighted by Gasteiger charge is -2.21. The van der Waals surface area contributed by atoms with Crippen LogP contribution in [-0.2, 0) is 4.79 Å². The Morgan fingerprint density at radius 1 is 1.29 bits per heavy atom. The smallest absolute Gasteiger partial charge is 0.165 e. The van der Waals surface area contributed by atoms with Crippen LogP contribution in [0.1, 0.15) is 39.5 Å². The van der Waals surface area contributed by atoms with Crippen LogP contribution in [0.15, 0.2) is 11.8 Å². The van der Waals surface area contributed by atoms with Gasteiger partial charge in [0.15, 0.2) is 5.78 Å². The molecule has 0 aromatic heterocycles. The zero-order chi connectivity index (χ0) is 10.8. The summed E-state index contributed by atoms with van der Waals surface area (Å²) in [6, 6.07) is 0. The highest BCUT2D eigenvalue weighted by atomic mass is 16.1. The molecule has 14 heavy (non-hydrogen) atoms. The van der Waals surface area contributed by atoms with E-state index in [1.54, 1.807) is 0 Å². The molecule has 0 aliphatic heterocycles. The molecule has 2 heteroatoms. The number of hydrogen-bond donors (Lipinski definition) is 0. The minimum atomic E-state index is -0.154. The molecule has 1 aliphatic carbocycles. The van der Waals surface area contributed by atoms with Gasteiger partial charge in [-0.25, -0.2) is 0 Å². The van der Waals surface area contributed by atoms with E-state index in [0.29, 0.717) is 5.78 Å². The summed E-state index contributed by atoms with van der Waals surface area (Å²) in [4.78, 5) is 14.1. The number of nitrogens with zero attached hydrogens (tertiary/aromatic N) is 1. The lowest BCUT2D eigenvalue weighted by molar-refractivity contribution is -0.123.